The first kappa shape index (κ1) is 60.5. The molecule has 5 aromatic carbocycles. The van der Waals surface area contributed by atoms with Crippen molar-refractivity contribution in [3.8, 4) is 23.0 Å². The molecule has 5 heterocycles. The number of anilines is 4. The molecule has 87 heavy (non-hydrogen) atoms. The van der Waals surface area contributed by atoms with E-state index >= 15 is 0 Å². The van der Waals surface area contributed by atoms with Gasteiger partial charge in [0, 0.05) is 66.9 Å². The number of ether oxygens (including phenoxy) is 5. The zero-order valence-corrected chi connectivity index (χ0v) is 49.1. The Balaban J connectivity index is 0.734. The fourth-order valence-electron chi connectivity index (χ4n) is 11.4. The van der Waals surface area contributed by atoms with Gasteiger partial charge in [0.2, 0.25) is 17.7 Å². The Morgan fingerprint density at radius 3 is 1.93 bits per heavy atom. The van der Waals surface area contributed by atoms with Crippen molar-refractivity contribution < 1.29 is 67.1 Å². The van der Waals surface area contributed by atoms with Gasteiger partial charge in [-0.05, 0) is 104 Å². The fraction of sp³-hybridized carbons (Fsp3) is 0.369. The molecule has 5 aliphatic rings. The van der Waals surface area contributed by atoms with Crippen LogP contribution in [-0.2, 0) is 48.2 Å². The van der Waals surface area contributed by atoms with Gasteiger partial charge >= 0.3 is 6.09 Å². The van der Waals surface area contributed by atoms with Crippen LogP contribution in [0.4, 0.5) is 33.2 Å². The van der Waals surface area contributed by atoms with Crippen molar-refractivity contribution in [2.45, 2.75) is 116 Å². The Labute approximate surface area is 503 Å². The van der Waals surface area contributed by atoms with Crippen molar-refractivity contribution in [2.75, 3.05) is 54.0 Å². The number of fused-ring (bicyclic) bond motifs is 8. The molecule has 0 radical (unpaired) electrons. The number of nitrogens with zero attached hydrogens (tertiary/aromatic N) is 5. The molecule has 0 aromatic heterocycles. The number of aliphatic hydroxyl groups excluding tert-OH is 1. The molecule has 22 nitrogen and oxygen atoms in total. The molecule has 0 saturated carbocycles. The highest BCUT2D eigenvalue weighted by Gasteiger charge is 2.48. The molecule has 0 fully saturated rings. The summed E-state index contributed by atoms with van der Waals surface area (Å²) in [4.78, 5) is 116. The zero-order valence-electron chi connectivity index (χ0n) is 49.1. The van der Waals surface area contributed by atoms with Crippen LogP contribution in [0.3, 0.4) is 0 Å². The Kier molecular flexibility index (Phi) is 18.6. The molecule has 10 rings (SSSR count). The number of unbranched alkanes of at least 4 members (excludes halogenated alkanes) is 4. The van der Waals surface area contributed by atoms with Gasteiger partial charge in [0.25, 0.3) is 23.6 Å². The number of aliphatic imine (C=N–C) groups is 1. The number of hydrogen-bond donors (Lipinski definition) is 4. The Morgan fingerprint density at radius 1 is 0.655 bits per heavy atom. The largest absolute Gasteiger partial charge is 0.493 e. The molecule has 5 aliphatic heterocycles. The molecule has 5 atom stereocenters. The van der Waals surface area contributed by atoms with E-state index in [1.165, 1.54) is 50.3 Å². The molecule has 5 aromatic rings. The van der Waals surface area contributed by atoms with Crippen molar-refractivity contribution in [3.63, 3.8) is 0 Å². The van der Waals surface area contributed by atoms with E-state index in [1.807, 2.05) is 42.6 Å². The topological polar surface area (TPSA) is 264 Å². The lowest BCUT2D eigenvalue weighted by Crippen LogP contribution is -2.53. The van der Waals surface area contributed by atoms with Crippen molar-refractivity contribution in [3.05, 3.63) is 137 Å². The van der Waals surface area contributed by atoms with Gasteiger partial charge in [-0.3, -0.25) is 48.4 Å². The average Bonchev–Trinajstić information content (AvgIpc) is 1.71. The summed E-state index contributed by atoms with van der Waals surface area (Å²) >= 11 is 0. The number of methoxy groups -OCH3 is 2. The van der Waals surface area contributed by atoms with Crippen LogP contribution in [0, 0.1) is 5.92 Å². The molecule has 0 saturated heterocycles. The van der Waals surface area contributed by atoms with E-state index in [0.717, 1.165) is 26.6 Å². The highest BCUT2D eigenvalue weighted by atomic mass is 16.6. The van der Waals surface area contributed by atoms with E-state index in [9.17, 15) is 43.5 Å². The van der Waals surface area contributed by atoms with E-state index in [-0.39, 0.29) is 90.9 Å². The number of nitrogens with one attached hydrogen (secondary N) is 3. The summed E-state index contributed by atoms with van der Waals surface area (Å²) in [6.07, 6.45) is 6.35. The molecule has 4 N–H and O–H groups in total. The van der Waals surface area contributed by atoms with Crippen LogP contribution in [0.5, 0.6) is 23.0 Å². The standard InChI is InChI=1S/C65H70N8O14/c1-38(2)59(69-56(74)20-8-6-13-27-70-57(75)25-26-58(70)76)61(78)67-39(3)60(77)68-43-23-21-40(22-24-43)37-87-65(82)73-50-35-55(53(84-5)33-46(50)63(80)72-49-19-12-10-17-42(49)31-51(72)64(73)81)86-29-15-7-14-28-85-54-34-47-45(32-52(54)83-4)62(79)71-44(36-66-47)30-41-16-9-11-18-48(41)71/h9-12,16-19,21-26,32-36,38-39,44,51,59,64,81H,6-8,13-15,20,27-31,37H2,1-5H3,(H,67,78)(H,68,77)(H,69,74)/t39-,44-,51-,59-,64?/m0/s1. The minimum absolute atomic E-state index is 0.0544. The zero-order chi connectivity index (χ0) is 61.5. The maximum absolute atomic E-state index is 14.6. The van der Waals surface area contributed by atoms with Gasteiger partial charge in [-0.25, -0.2) is 9.69 Å². The SMILES string of the molecule is COc1cc2c(cc1OCCCCCOc1cc3c(cc1OC)C(=O)N1c4ccccc4C[C@H]1C(O)N3C(=O)OCc1ccc(NC(=O)[C@H](C)NC(=O)[C@@H](NC(=O)CCCCCN3C(=O)C=CC3=O)C(C)C)cc1)N=C[C@@H]1Cc3ccccc3N1C2=O. The second-order valence-electron chi connectivity index (χ2n) is 22.2. The number of amides is 8. The van der Waals surface area contributed by atoms with Gasteiger partial charge in [0.1, 0.15) is 18.7 Å². The summed E-state index contributed by atoms with van der Waals surface area (Å²) in [6, 6.07) is 25.1. The van der Waals surface area contributed by atoms with E-state index < -0.39 is 48.2 Å². The van der Waals surface area contributed by atoms with Crippen LogP contribution in [0.1, 0.15) is 103 Å². The Morgan fingerprint density at radius 2 is 1.26 bits per heavy atom. The number of rotatable bonds is 24. The normalized spacial score (nSPS) is 17.7. The lowest BCUT2D eigenvalue weighted by Gasteiger charge is -2.32. The van der Waals surface area contributed by atoms with Gasteiger partial charge in [-0.15, -0.1) is 0 Å². The van der Waals surface area contributed by atoms with Gasteiger partial charge < -0.3 is 49.6 Å². The Hall–Kier alpha value is -9.57. The molecule has 454 valence electrons. The number of para-hydroxylation sites is 2. The third-order valence-corrected chi connectivity index (χ3v) is 16.0. The monoisotopic (exact) mass is 1190 g/mol. The van der Waals surface area contributed by atoms with E-state index in [4.69, 9.17) is 28.7 Å². The quantitative estimate of drug-likeness (QED) is 0.0340. The molecular formula is C65H70N8O14. The van der Waals surface area contributed by atoms with Gasteiger partial charge in [-0.2, -0.15) is 0 Å². The molecule has 22 heteroatoms. The smallest absolute Gasteiger partial charge is 0.416 e. The van der Waals surface area contributed by atoms with Crippen LogP contribution >= 0.6 is 0 Å². The summed E-state index contributed by atoms with van der Waals surface area (Å²) in [5.74, 6) is -1.68. The van der Waals surface area contributed by atoms with Crippen LogP contribution in [0.25, 0.3) is 0 Å². The summed E-state index contributed by atoms with van der Waals surface area (Å²) < 4.78 is 29.8. The molecule has 8 amide bonds. The maximum atomic E-state index is 14.6. The highest BCUT2D eigenvalue weighted by molar-refractivity contribution is 6.16. The number of carbonyl (C=O) groups excluding carboxylic acids is 8. The number of benzene rings is 5. The van der Waals surface area contributed by atoms with E-state index in [1.54, 1.807) is 67.3 Å². The number of hydrogen-bond acceptors (Lipinski definition) is 15. The summed E-state index contributed by atoms with van der Waals surface area (Å²) in [5, 5.41) is 20.4. The van der Waals surface area contributed by atoms with Crippen LogP contribution in [-0.4, -0.2) is 128 Å². The first-order chi connectivity index (χ1) is 42.0. The van der Waals surface area contributed by atoms with E-state index in [2.05, 4.69) is 16.0 Å². The summed E-state index contributed by atoms with van der Waals surface area (Å²) in [7, 11) is 2.98. The predicted molar refractivity (Wildman–Crippen MR) is 323 cm³/mol. The maximum Gasteiger partial charge on any atom is 0.416 e. The highest BCUT2D eigenvalue weighted by Crippen LogP contribution is 2.45. The van der Waals surface area contributed by atoms with Gasteiger partial charge in [0.15, 0.2) is 29.2 Å². The summed E-state index contributed by atoms with van der Waals surface area (Å²) in [6.45, 7) is 5.63. The first-order valence-electron chi connectivity index (χ1n) is 29.3. The molecule has 1 unspecified atom stereocenters. The predicted octanol–water partition coefficient (Wildman–Crippen LogP) is 7.74. The lowest BCUT2D eigenvalue weighted by molar-refractivity contribution is -0.137. The second kappa shape index (κ2) is 26.8. The van der Waals surface area contributed by atoms with Crippen LogP contribution < -0.4 is 49.6 Å². The minimum atomic E-state index is -1.56. The number of carbonyl (C=O) groups is 8. The average molecular weight is 1190 g/mol. The molecular weight excluding hydrogens is 1120 g/mol. The van der Waals surface area contributed by atoms with Gasteiger partial charge in [0.05, 0.1) is 62.0 Å². The second-order valence-corrected chi connectivity index (χ2v) is 22.2. The first-order valence-corrected chi connectivity index (χ1v) is 29.3. The van der Waals surface area contributed by atoms with Gasteiger partial charge in [-0.1, -0.05) is 68.8 Å². The fourth-order valence-corrected chi connectivity index (χ4v) is 11.4. The van der Waals surface area contributed by atoms with Crippen molar-refractivity contribution >= 4 is 82.1 Å². The third-order valence-electron chi connectivity index (χ3n) is 16.0. The van der Waals surface area contributed by atoms with E-state index in [0.29, 0.717) is 91.2 Å². The number of imide groups is 1. The molecule has 0 bridgehead atoms. The van der Waals surface area contributed by atoms with Crippen LogP contribution in [0.2, 0.25) is 0 Å². The third kappa shape index (κ3) is 13.2. The van der Waals surface area contributed by atoms with Crippen LogP contribution in [0.15, 0.2) is 114 Å². The van der Waals surface area contributed by atoms with Crippen molar-refractivity contribution in [1.29, 1.82) is 0 Å². The van der Waals surface area contributed by atoms with Crippen molar-refractivity contribution in [2.24, 2.45) is 10.9 Å². The van der Waals surface area contributed by atoms with Crippen molar-refractivity contribution in [1.82, 2.24) is 15.5 Å². The molecule has 0 aliphatic carbocycles. The number of aliphatic hydroxyl groups is 1. The summed E-state index contributed by atoms with van der Waals surface area (Å²) in [5.41, 5.74) is 5.36. The Bertz CT molecular complexity index is 3530. The lowest BCUT2D eigenvalue weighted by atomic mass is 10.0. The molecule has 0 spiro atoms. The minimum Gasteiger partial charge on any atom is -0.493 e.